The van der Waals surface area contributed by atoms with Crippen LogP contribution < -0.4 is 10.6 Å². The number of hydrogen-bond donors (Lipinski definition) is 5. The maximum Gasteiger partial charge on any atom is 0.240 e. The van der Waals surface area contributed by atoms with E-state index in [0.717, 1.165) is 25.8 Å². The highest BCUT2D eigenvalue weighted by atomic mass is 35.5. The first-order chi connectivity index (χ1) is 13.3. The van der Waals surface area contributed by atoms with Gasteiger partial charge in [-0.3, -0.25) is 4.79 Å². The SMILES string of the molecule is CSC1OC([C@H](NC(=O)[C@H]2NC[C@@H]3CCCCO[C@H]32)[C@H](C)Cl)C(O)C(O)C1O. The van der Waals surface area contributed by atoms with Crippen molar-refractivity contribution in [1.29, 1.82) is 0 Å². The standard InChI is InChI=1S/C18H31ClN2O6S/c1-8(19)10(16-13(23)12(22)14(24)18(27-16)28-2)21-17(25)11-15-9(7-20-11)5-3-4-6-26-15/h8-16,18,20,22-24H,3-7H2,1-2H3,(H,21,25)/t8-,9-,10+,11-,12?,13?,14?,15+,16?,18?/m0/s1. The normalized spacial score (nSPS) is 43.6. The Kier molecular flexibility index (Phi) is 7.88. The fraction of sp³-hybridized carbons (Fsp3) is 0.944. The summed E-state index contributed by atoms with van der Waals surface area (Å²) in [5, 5.41) is 36.3. The molecule has 3 fully saturated rings. The number of aliphatic hydroxyl groups excluding tert-OH is 3. The molecule has 3 saturated heterocycles. The van der Waals surface area contributed by atoms with E-state index in [1.165, 1.54) is 11.8 Å². The lowest BCUT2D eigenvalue weighted by atomic mass is 9.92. The van der Waals surface area contributed by atoms with Crippen LogP contribution in [0, 0.1) is 5.92 Å². The fourth-order valence-electron chi connectivity index (χ4n) is 4.33. The third kappa shape index (κ3) is 4.62. The number of rotatable bonds is 5. The number of ether oxygens (including phenoxy) is 2. The van der Waals surface area contributed by atoms with Crippen LogP contribution in [-0.4, -0.2) is 94.1 Å². The predicted octanol–water partition coefficient (Wildman–Crippen LogP) is -0.574. The molecule has 3 aliphatic rings. The van der Waals surface area contributed by atoms with E-state index in [1.807, 2.05) is 0 Å². The first-order valence-electron chi connectivity index (χ1n) is 9.87. The van der Waals surface area contributed by atoms with Gasteiger partial charge in [0.2, 0.25) is 5.91 Å². The third-order valence-electron chi connectivity index (χ3n) is 5.95. The maximum absolute atomic E-state index is 13.0. The zero-order valence-corrected chi connectivity index (χ0v) is 17.7. The minimum Gasteiger partial charge on any atom is -0.388 e. The van der Waals surface area contributed by atoms with E-state index >= 15 is 0 Å². The highest BCUT2D eigenvalue weighted by Gasteiger charge is 2.49. The molecule has 0 aromatic carbocycles. The van der Waals surface area contributed by atoms with E-state index in [-0.39, 0.29) is 12.0 Å². The van der Waals surface area contributed by atoms with Crippen LogP contribution in [0.25, 0.3) is 0 Å². The van der Waals surface area contributed by atoms with Crippen LogP contribution in [0.2, 0.25) is 0 Å². The molecule has 0 aliphatic carbocycles. The highest BCUT2D eigenvalue weighted by Crippen LogP contribution is 2.31. The van der Waals surface area contributed by atoms with Crippen LogP contribution in [0.3, 0.4) is 0 Å². The van der Waals surface area contributed by atoms with Crippen LogP contribution in [-0.2, 0) is 14.3 Å². The average Bonchev–Trinajstić information content (AvgIpc) is 2.93. The summed E-state index contributed by atoms with van der Waals surface area (Å²) in [6, 6.07) is -1.23. The zero-order chi connectivity index (χ0) is 20.4. The van der Waals surface area contributed by atoms with Crippen molar-refractivity contribution in [3.8, 4) is 0 Å². The summed E-state index contributed by atoms with van der Waals surface area (Å²) in [6.07, 6.45) is -0.247. The summed E-state index contributed by atoms with van der Waals surface area (Å²) in [5.74, 6) is 0.0449. The molecular formula is C18H31ClN2O6S. The third-order valence-corrected chi connectivity index (χ3v) is 7.08. The van der Waals surface area contributed by atoms with E-state index in [2.05, 4.69) is 10.6 Å². The van der Waals surface area contributed by atoms with E-state index in [0.29, 0.717) is 12.5 Å². The lowest BCUT2D eigenvalue weighted by Gasteiger charge is -2.44. The molecule has 0 aromatic heterocycles. The Labute approximate surface area is 174 Å². The topological polar surface area (TPSA) is 120 Å². The molecule has 3 heterocycles. The number of aliphatic hydroxyl groups is 3. The second kappa shape index (κ2) is 9.78. The van der Waals surface area contributed by atoms with Crippen molar-refractivity contribution in [2.75, 3.05) is 19.4 Å². The molecule has 28 heavy (non-hydrogen) atoms. The Balaban J connectivity index is 1.71. The van der Waals surface area contributed by atoms with Crippen LogP contribution in [0.1, 0.15) is 26.2 Å². The summed E-state index contributed by atoms with van der Waals surface area (Å²) in [7, 11) is 0. The number of alkyl halides is 1. The Hall–Kier alpha value is -0.130. The molecule has 0 aromatic rings. The molecule has 0 spiro atoms. The van der Waals surface area contributed by atoms with Crippen LogP contribution in [0.5, 0.6) is 0 Å². The monoisotopic (exact) mass is 438 g/mol. The van der Waals surface area contributed by atoms with Gasteiger partial charge in [0.25, 0.3) is 0 Å². The van der Waals surface area contributed by atoms with Crippen LogP contribution >= 0.6 is 23.4 Å². The first-order valence-corrected chi connectivity index (χ1v) is 11.6. The Bertz CT molecular complexity index is 542. The molecule has 0 radical (unpaired) electrons. The number of carbonyl (C=O) groups is 1. The van der Waals surface area contributed by atoms with Gasteiger partial charge in [-0.15, -0.1) is 23.4 Å². The molecular weight excluding hydrogens is 408 g/mol. The molecule has 5 N–H and O–H groups in total. The molecule has 3 rings (SSSR count). The van der Waals surface area contributed by atoms with Gasteiger partial charge in [-0.05, 0) is 31.9 Å². The van der Waals surface area contributed by atoms with Gasteiger partial charge in [0.1, 0.15) is 35.9 Å². The molecule has 1 amide bonds. The minimum atomic E-state index is -1.38. The Morgan fingerprint density at radius 2 is 2.00 bits per heavy atom. The molecule has 3 aliphatic heterocycles. The molecule has 10 heteroatoms. The number of hydrogen-bond acceptors (Lipinski definition) is 8. The van der Waals surface area contributed by atoms with Gasteiger partial charge in [-0.25, -0.2) is 0 Å². The Morgan fingerprint density at radius 3 is 2.68 bits per heavy atom. The van der Waals surface area contributed by atoms with Gasteiger partial charge < -0.3 is 35.4 Å². The number of fused-ring (bicyclic) bond motifs is 1. The number of carbonyl (C=O) groups excluding carboxylic acids is 1. The van der Waals surface area contributed by atoms with E-state index < -0.39 is 47.3 Å². The van der Waals surface area contributed by atoms with Crippen molar-refractivity contribution in [3.05, 3.63) is 0 Å². The second-order valence-electron chi connectivity index (χ2n) is 7.87. The number of halogens is 1. The van der Waals surface area contributed by atoms with Crippen molar-refractivity contribution in [3.63, 3.8) is 0 Å². The van der Waals surface area contributed by atoms with Crippen molar-refractivity contribution in [2.45, 2.75) is 79.6 Å². The maximum atomic E-state index is 13.0. The molecule has 8 nitrogen and oxygen atoms in total. The Morgan fingerprint density at radius 1 is 1.25 bits per heavy atom. The van der Waals surface area contributed by atoms with E-state index in [9.17, 15) is 20.1 Å². The lowest BCUT2D eigenvalue weighted by molar-refractivity contribution is -0.205. The van der Waals surface area contributed by atoms with Crippen LogP contribution in [0.15, 0.2) is 0 Å². The fourth-order valence-corrected chi connectivity index (χ4v) is 5.21. The molecule has 10 atom stereocenters. The van der Waals surface area contributed by atoms with E-state index in [1.54, 1.807) is 13.2 Å². The summed E-state index contributed by atoms with van der Waals surface area (Å²) in [6.45, 7) is 3.07. The van der Waals surface area contributed by atoms with Gasteiger partial charge in [-0.1, -0.05) is 6.42 Å². The van der Waals surface area contributed by atoms with Crippen molar-refractivity contribution in [2.24, 2.45) is 5.92 Å². The molecule has 0 bridgehead atoms. The summed E-state index contributed by atoms with van der Waals surface area (Å²) < 4.78 is 11.7. The lowest BCUT2D eigenvalue weighted by Crippen LogP contribution is -2.65. The molecule has 0 saturated carbocycles. The van der Waals surface area contributed by atoms with E-state index in [4.69, 9.17) is 21.1 Å². The van der Waals surface area contributed by atoms with Gasteiger partial charge >= 0.3 is 0 Å². The van der Waals surface area contributed by atoms with Gasteiger partial charge in [0.05, 0.1) is 17.5 Å². The summed E-state index contributed by atoms with van der Waals surface area (Å²) >= 11 is 7.55. The van der Waals surface area contributed by atoms with Crippen molar-refractivity contribution < 1.29 is 29.6 Å². The molecule has 162 valence electrons. The predicted molar refractivity (Wildman–Crippen MR) is 106 cm³/mol. The van der Waals surface area contributed by atoms with Crippen LogP contribution in [0.4, 0.5) is 0 Å². The van der Waals surface area contributed by atoms with Crippen molar-refractivity contribution >= 4 is 29.3 Å². The number of amides is 1. The number of thioether (sulfide) groups is 1. The van der Waals surface area contributed by atoms with Gasteiger partial charge in [-0.2, -0.15) is 0 Å². The summed E-state index contributed by atoms with van der Waals surface area (Å²) in [5.41, 5.74) is -0.725. The van der Waals surface area contributed by atoms with Gasteiger partial charge in [0, 0.05) is 13.2 Å². The minimum absolute atomic E-state index is 0.183. The largest absolute Gasteiger partial charge is 0.388 e. The van der Waals surface area contributed by atoms with Crippen molar-refractivity contribution in [1.82, 2.24) is 10.6 Å². The highest BCUT2D eigenvalue weighted by molar-refractivity contribution is 7.99. The first kappa shape index (κ1) is 22.6. The van der Waals surface area contributed by atoms with Gasteiger partial charge in [0.15, 0.2) is 0 Å². The quantitative estimate of drug-likeness (QED) is 0.362. The zero-order valence-electron chi connectivity index (χ0n) is 16.2. The molecule has 5 unspecified atom stereocenters. The average molecular weight is 439 g/mol. The summed E-state index contributed by atoms with van der Waals surface area (Å²) in [4.78, 5) is 13.0. The second-order valence-corrected chi connectivity index (χ2v) is 9.49. The number of nitrogens with one attached hydrogen (secondary N) is 2. The smallest absolute Gasteiger partial charge is 0.240 e.